The molecular formula is C15H30. The van der Waals surface area contributed by atoms with Gasteiger partial charge in [0, 0.05) is 0 Å². The Labute approximate surface area is 96.8 Å². The van der Waals surface area contributed by atoms with Crippen LogP contribution in [0.3, 0.4) is 0 Å². The van der Waals surface area contributed by atoms with Gasteiger partial charge in [0.15, 0.2) is 0 Å². The van der Waals surface area contributed by atoms with Crippen LogP contribution in [-0.4, -0.2) is 0 Å². The van der Waals surface area contributed by atoms with Crippen molar-refractivity contribution in [1.29, 1.82) is 0 Å². The fourth-order valence-electron chi connectivity index (χ4n) is 3.37. The maximum atomic E-state index is 2.45. The summed E-state index contributed by atoms with van der Waals surface area (Å²) < 4.78 is 0. The first-order chi connectivity index (χ1) is 6.92. The number of hydrogen-bond donors (Lipinski definition) is 0. The summed E-state index contributed by atoms with van der Waals surface area (Å²) in [5, 5.41) is 0. The molecule has 0 aliphatic heterocycles. The summed E-state index contributed by atoms with van der Waals surface area (Å²) in [6.45, 7) is 12.1. The molecule has 1 rings (SSSR count). The molecule has 1 aliphatic rings. The molecule has 0 N–H and O–H groups in total. The predicted octanol–water partition coefficient (Wildman–Crippen LogP) is 5.42. The highest BCUT2D eigenvalue weighted by molar-refractivity contribution is 4.88. The molecule has 90 valence electrons. The number of hydrogen-bond acceptors (Lipinski definition) is 0. The Bertz CT molecular complexity index is 190. The highest BCUT2D eigenvalue weighted by Gasteiger charge is 2.36. The Morgan fingerprint density at radius 3 is 2.20 bits per heavy atom. The van der Waals surface area contributed by atoms with Gasteiger partial charge >= 0.3 is 0 Å². The van der Waals surface area contributed by atoms with Gasteiger partial charge in [0.25, 0.3) is 0 Å². The quantitative estimate of drug-likeness (QED) is 0.546. The second-order valence-corrected chi connectivity index (χ2v) is 6.78. The lowest BCUT2D eigenvalue weighted by atomic mass is 9.68. The van der Waals surface area contributed by atoms with Gasteiger partial charge in [-0.1, -0.05) is 47.5 Å². The summed E-state index contributed by atoms with van der Waals surface area (Å²) in [7, 11) is 0. The van der Waals surface area contributed by atoms with E-state index in [0.29, 0.717) is 10.8 Å². The number of rotatable bonds is 3. The molecule has 0 heteroatoms. The molecular weight excluding hydrogens is 180 g/mol. The molecule has 1 fully saturated rings. The summed E-state index contributed by atoms with van der Waals surface area (Å²) in [6, 6.07) is 0. The minimum Gasteiger partial charge on any atom is -0.0654 e. The van der Waals surface area contributed by atoms with Crippen LogP contribution < -0.4 is 0 Å². The molecule has 0 nitrogen and oxygen atoms in total. The second-order valence-electron chi connectivity index (χ2n) is 6.78. The average Bonchev–Trinajstić information content (AvgIpc) is 2.27. The maximum absolute atomic E-state index is 2.45. The molecule has 0 bridgehead atoms. The SMILES string of the molecule is CCCC1(C(C)C)CCCC(C)(C)CC1. The van der Waals surface area contributed by atoms with E-state index in [4.69, 9.17) is 0 Å². The van der Waals surface area contributed by atoms with Crippen LogP contribution in [0.1, 0.15) is 79.6 Å². The van der Waals surface area contributed by atoms with E-state index < -0.39 is 0 Å². The van der Waals surface area contributed by atoms with Crippen molar-refractivity contribution in [2.24, 2.45) is 16.7 Å². The summed E-state index contributed by atoms with van der Waals surface area (Å²) in [4.78, 5) is 0. The van der Waals surface area contributed by atoms with Gasteiger partial charge in [0.1, 0.15) is 0 Å². The molecule has 15 heavy (non-hydrogen) atoms. The summed E-state index contributed by atoms with van der Waals surface area (Å²) in [5.41, 5.74) is 1.27. The van der Waals surface area contributed by atoms with E-state index in [2.05, 4.69) is 34.6 Å². The van der Waals surface area contributed by atoms with Gasteiger partial charge in [-0.05, 0) is 48.9 Å². The van der Waals surface area contributed by atoms with Crippen molar-refractivity contribution in [3.63, 3.8) is 0 Å². The van der Waals surface area contributed by atoms with Gasteiger partial charge in [-0.25, -0.2) is 0 Å². The van der Waals surface area contributed by atoms with Gasteiger partial charge in [0.05, 0.1) is 0 Å². The third-order valence-electron chi connectivity index (χ3n) is 4.80. The molecule has 0 aromatic heterocycles. The van der Waals surface area contributed by atoms with Gasteiger partial charge in [-0.2, -0.15) is 0 Å². The van der Waals surface area contributed by atoms with Crippen LogP contribution in [0.2, 0.25) is 0 Å². The van der Waals surface area contributed by atoms with Crippen LogP contribution in [0.4, 0.5) is 0 Å². The molecule has 0 heterocycles. The van der Waals surface area contributed by atoms with Gasteiger partial charge < -0.3 is 0 Å². The summed E-state index contributed by atoms with van der Waals surface area (Å²) in [5.74, 6) is 0.867. The third-order valence-corrected chi connectivity index (χ3v) is 4.80. The Balaban J connectivity index is 2.73. The highest BCUT2D eigenvalue weighted by atomic mass is 14.4. The predicted molar refractivity (Wildman–Crippen MR) is 69.0 cm³/mol. The first-order valence-corrected chi connectivity index (χ1v) is 6.92. The average molecular weight is 210 g/mol. The van der Waals surface area contributed by atoms with Crippen LogP contribution in [0.25, 0.3) is 0 Å². The Hall–Kier alpha value is 0. The highest BCUT2D eigenvalue weighted by Crippen LogP contribution is 2.49. The smallest absolute Gasteiger partial charge is 0.0274 e. The first-order valence-electron chi connectivity index (χ1n) is 6.92. The zero-order chi connectivity index (χ0) is 11.5. The lowest BCUT2D eigenvalue weighted by Gasteiger charge is -2.37. The van der Waals surface area contributed by atoms with Gasteiger partial charge in [0.2, 0.25) is 0 Å². The zero-order valence-corrected chi connectivity index (χ0v) is 11.5. The molecule has 1 aliphatic carbocycles. The van der Waals surface area contributed by atoms with Crippen molar-refractivity contribution < 1.29 is 0 Å². The van der Waals surface area contributed by atoms with Crippen LogP contribution in [-0.2, 0) is 0 Å². The fraction of sp³-hybridized carbons (Fsp3) is 1.00. The minimum atomic E-state index is 0.602. The lowest BCUT2D eigenvalue weighted by molar-refractivity contribution is 0.134. The molecule has 1 unspecified atom stereocenters. The molecule has 0 radical (unpaired) electrons. The second kappa shape index (κ2) is 4.89. The van der Waals surface area contributed by atoms with Crippen molar-refractivity contribution in [2.75, 3.05) is 0 Å². The van der Waals surface area contributed by atoms with Crippen molar-refractivity contribution in [3.8, 4) is 0 Å². The zero-order valence-electron chi connectivity index (χ0n) is 11.5. The lowest BCUT2D eigenvalue weighted by Crippen LogP contribution is -2.27. The van der Waals surface area contributed by atoms with E-state index in [0.717, 1.165) is 5.92 Å². The molecule has 0 aromatic rings. The molecule has 0 spiro atoms. The minimum absolute atomic E-state index is 0.602. The third kappa shape index (κ3) is 3.23. The monoisotopic (exact) mass is 210 g/mol. The molecule has 0 aromatic carbocycles. The molecule has 1 saturated carbocycles. The van der Waals surface area contributed by atoms with E-state index in [1.54, 1.807) is 0 Å². The standard InChI is InChI=1S/C15H30/c1-6-8-15(13(2)3)10-7-9-14(4,5)11-12-15/h13H,6-12H2,1-5H3. The normalized spacial score (nSPS) is 31.6. The van der Waals surface area contributed by atoms with Crippen molar-refractivity contribution in [2.45, 2.75) is 79.6 Å². The van der Waals surface area contributed by atoms with Crippen molar-refractivity contribution in [3.05, 3.63) is 0 Å². The van der Waals surface area contributed by atoms with Crippen molar-refractivity contribution in [1.82, 2.24) is 0 Å². The van der Waals surface area contributed by atoms with Crippen LogP contribution >= 0.6 is 0 Å². The van der Waals surface area contributed by atoms with Crippen LogP contribution in [0.5, 0.6) is 0 Å². The maximum Gasteiger partial charge on any atom is -0.0274 e. The Morgan fingerprint density at radius 1 is 1.00 bits per heavy atom. The van der Waals surface area contributed by atoms with E-state index in [9.17, 15) is 0 Å². The molecule has 0 saturated heterocycles. The molecule has 0 amide bonds. The van der Waals surface area contributed by atoms with Crippen LogP contribution in [0.15, 0.2) is 0 Å². The molecule has 1 atom stereocenters. The van der Waals surface area contributed by atoms with Gasteiger partial charge in [-0.15, -0.1) is 0 Å². The first kappa shape index (κ1) is 13.1. The van der Waals surface area contributed by atoms with Crippen LogP contribution in [0, 0.1) is 16.7 Å². The van der Waals surface area contributed by atoms with E-state index in [1.807, 2.05) is 0 Å². The van der Waals surface area contributed by atoms with E-state index in [-0.39, 0.29) is 0 Å². The summed E-state index contributed by atoms with van der Waals surface area (Å²) >= 11 is 0. The largest absolute Gasteiger partial charge is 0.0654 e. The van der Waals surface area contributed by atoms with E-state index >= 15 is 0 Å². The Kier molecular flexibility index (Phi) is 4.26. The topological polar surface area (TPSA) is 0 Å². The summed E-state index contributed by atoms with van der Waals surface area (Å²) in [6.07, 6.45) is 10.1. The Morgan fingerprint density at radius 2 is 1.67 bits per heavy atom. The van der Waals surface area contributed by atoms with Gasteiger partial charge in [-0.3, -0.25) is 0 Å². The van der Waals surface area contributed by atoms with Crippen molar-refractivity contribution >= 4 is 0 Å². The fourth-order valence-corrected chi connectivity index (χ4v) is 3.37. The van der Waals surface area contributed by atoms with E-state index in [1.165, 1.54) is 44.9 Å².